The van der Waals surface area contributed by atoms with Crippen molar-refractivity contribution in [3.05, 3.63) is 95.1 Å². The smallest absolute Gasteiger partial charge is 0.386 e. The lowest BCUT2D eigenvalue weighted by molar-refractivity contribution is -0.258. The van der Waals surface area contributed by atoms with Crippen molar-refractivity contribution in [1.82, 2.24) is 0 Å². The third-order valence-electron chi connectivity index (χ3n) is 6.19. The highest BCUT2D eigenvalue weighted by atomic mass is 19.4. The van der Waals surface area contributed by atoms with Gasteiger partial charge < -0.3 is 10.2 Å². The van der Waals surface area contributed by atoms with Crippen molar-refractivity contribution in [1.29, 1.82) is 0 Å². The van der Waals surface area contributed by atoms with Gasteiger partial charge in [0, 0.05) is 0 Å². The molecule has 2 nitrogen and oxygen atoms in total. The van der Waals surface area contributed by atoms with E-state index in [1.165, 1.54) is 28.8 Å². The Morgan fingerprint density at radius 2 is 0.857 bits per heavy atom. The van der Waals surface area contributed by atoms with Crippen LogP contribution in [0.25, 0.3) is 11.1 Å². The first-order chi connectivity index (χ1) is 16.0. The van der Waals surface area contributed by atoms with Crippen LogP contribution in [0, 0.1) is 0 Å². The molecular formula is C30H37F3O2. The second-order valence-corrected chi connectivity index (χ2v) is 10.3. The van der Waals surface area contributed by atoms with E-state index in [1.54, 1.807) is 26.0 Å². The van der Waals surface area contributed by atoms with Gasteiger partial charge in [0.2, 0.25) is 0 Å². The van der Waals surface area contributed by atoms with Crippen LogP contribution in [0.2, 0.25) is 0 Å². The van der Waals surface area contributed by atoms with Crippen LogP contribution in [0.5, 0.6) is 0 Å². The van der Waals surface area contributed by atoms with Gasteiger partial charge in [-0.25, -0.2) is 0 Å². The lowest BCUT2D eigenvalue weighted by atomic mass is 9.92. The molecule has 0 saturated carbocycles. The van der Waals surface area contributed by atoms with Crippen molar-refractivity contribution < 1.29 is 23.4 Å². The summed E-state index contributed by atoms with van der Waals surface area (Å²) in [6.45, 7) is 12.7. The van der Waals surface area contributed by atoms with Gasteiger partial charge in [0.15, 0.2) is 5.60 Å². The lowest BCUT2D eigenvalue weighted by Gasteiger charge is -2.26. The van der Waals surface area contributed by atoms with Crippen LogP contribution in [-0.2, 0) is 11.2 Å². The summed E-state index contributed by atoms with van der Waals surface area (Å²) in [6, 6.07) is 22.7. The summed E-state index contributed by atoms with van der Waals surface area (Å²) >= 11 is 0. The van der Waals surface area contributed by atoms with Crippen molar-refractivity contribution in [2.75, 3.05) is 0 Å². The van der Waals surface area contributed by atoms with E-state index in [0.29, 0.717) is 5.92 Å². The van der Waals surface area contributed by atoms with E-state index < -0.39 is 17.4 Å². The second-order valence-electron chi connectivity index (χ2n) is 10.3. The number of alkyl halides is 3. The molecule has 2 N–H and O–H groups in total. The number of hydrogen-bond acceptors (Lipinski definition) is 2. The third-order valence-corrected chi connectivity index (χ3v) is 6.19. The molecule has 3 aromatic rings. The topological polar surface area (TPSA) is 40.5 Å². The van der Waals surface area contributed by atoms with Crippen LogP contribution in [-0.4, -0.2) is 16.4 Å². The molecule has 0 spiro atoms. The monoisotopic (exact) mass is 486 g/mol. The number of hydrogen-bond donors (Lipinski definition) is 2. The maximum absolute atomic E-state index is 12.5. The van der Waals surface area contributed by atoms with Gasteiger partial charge in [-0.1, -0.05) is 100 Å². The standard InChI is InChI=1S/C18H22O.C12H15F3O/c1-13(2)14-5-7-15(8-6-14)16-9-11-17(12-10-16)18(3,4)19;1-8(2)9-4-6-10(7-5-9)11(3,16)12(13,14)15/h5-13,19H,1-4H3;4-8,16H,1-3H3. The van der Waals surface area contributed by atoms with Crippen LogP contribution in [0.3, 0.4) is 0 Å². The average Bonchev–Trinajstić information content (AvgIpc) is 2.78. The zero-order valence-corrected chi connectivity index (χ0v) is 21.6. The molecule has 5 heteroatoms. The molecule has 190 valence electrons. The molecule has 0 radical (unpaired) electrons. The number of benzene rings is 3. The van der Waals surface area contributed by atoms with E-state index in [9.17, 15) is 23.4 Å². The minimum atomic E-state index is -4.66. The molecule has 0 heterocycles. The van der Waals surface area contributed by atoms with Gasteiger partial charge in [0.25, 0.3) is 0 Å². The van der Waals surface area contributed by atoms with Crippen molar-refractivity contribution in [2.24, 2.45) is 0 Å². The van der Waals surface area contributed by atoms with Crippen LogP contribution in [0.1, 0.15) is 82.6 Å². The fourth-order valence-corrected chi connectivity index (χ4v) is 3.49. The van der Waals surface area contributed by atoms with Crippen molar-refractivity contribution in [2.45, 2.75) is 77.7 Å². The Balaban J connectivity index is 0.000000251. The molecular weight excluding hydrogens is 449 g/mol. The lowest BCUT2D eigenvalue weighted by Crippen LogP contribution is -2.39. The predicted octanol–water partition coefficient (Wildman–Crippen LogP) is 8.28. The number of aliphatic hydroxyl groups is 2. The Hall–Kier alpha value is -2.63. The Morgan fingerprint density at radius 3 is 1.17 bits per heavy atom. The van der Waals surface area contributed by atoms with Crippen LogP contribution in [0.15, 0.2) is 72.8 Å². The third kappa shape index (κ3) is 7.42. The SMILES string of the molecule is CC(C)c1ccc(-c2ccc(C(C)(C)O)cc2)cc1.CC(C)c1ccc(C(C)(O)C(F)(F)F)cc1. The van der Waals surface area contributed by atoms with E-state index >= 15 is 0 Å². The number of rotatable bonds is 5. The molecule has 1 atom stereocenters. The molecule has 0 amide bonds. The van der Waals surface area contributed by atoms with E-state index in [4.69, 9.17) is 0 Å². The van der Waals surface area contributed by atoms with Gasteiger partial charge in [0.05, 0.1) is 5.60 Å². The fraction of sp³-hybridized carbons (Fsp3) is 0.400. The molecule has 35 heavy (non-hydrogen) atoms. The molecule has 0 fully saturated rings. The predicted molar refractivity (Wildman–Crippen MR) is 137 cm³/mol. The second kappa shape index (κ2) is 11.0. The van der Waals surface area contributed by atoms with Crippen LogP contribution in [0.4, 0.5) is 13.2 Å². The van der Waals surface area contributed by atoms with Crippen molar-refractivity contribution in [3.8, 4) is 11.1 Å². The van der Waals surface area contributed by atoms with Crippen molar-refractivity contribution in [3.63, 3.8) is 0 Å². The largest absolute Gasteiger partial charge is 0.421 e. The quantitative estimate of drug-likeness (QED) is 0.381. The van der Waals surface area contributed by atoms with Gasteiger partial charge in [-0.3, -0.25) is 0 Å². The molecule has 0 aliphatic heterocycles. The van der Waals surface area contributed by atoms with Gasteiger partial charge in [-0.2, -0.15) is 13.2 Å². The fourth-order valence-electron chi connectivity index (χ4n) is 3.49. The minimum absolute atomic E-state index is 0.135. The summed E-state index contributed by atoms with van der Waals surface area (Å²) < 4.78 is 37.6. The molecule has 3 rings (SSSR count). The zero-order chi connectivity index (χ0) is 26.6. The molecule has 3 aromatic carbocycles. The maximum atomic E-state index is 12.5. The van der Waals surface area contributed by atoms with Gasteiger partial charge >= 0.3 is 6.18 Å². The Kier molecular flexibility index (Phi) is 8.96. The summed E-state index contributed by atoms with van der Waals surface area (Å²) in [7, 11) is 0. The molecule has 0 saturated heterocycles. The minimum Gasteiger partial charge on any atom is -0.386 e. The molecule has 1 unspecified atom stereocenters. The van der Waals surface area contributed by atoms with Gasteiger partial charge in [-0.15, -0.1) is 0 Å². The van der Waals surface area contributed by atoms with Crippen LogP contribution >= 0.6 is 0 Å². The Morgan fingerprint density at radius 1 is 0.543 bits per heavy atom. The Labute approximate surface area is 207 Å². The molecule has 0 bridgehead atoms. The van der Waals surface area contributed by atoms with Gasteiger partial charge in [0.1, 0.15) is 0 Å². The average molecular weight is 487 g/mol. The molecule has 0 aliphatic rings. The molecule has 0 aromatic heterocycles. The first-order valence-corrected chi connectivity index (χ1v) is 11.9. The van der Waals surface area contributed by atoms with E-state index in [1.807, 2.05) is 26.0 Å². The maximum Gasteiger partial charge on any atom is 0.421 e. The van der Waals surface area contributed by atoms with Crippen molar-refractivity contribution >= 4 is 0 Å². The summed E-state index contributed by atoms with van der Waals surface area (Å²) in [5, 5.41) is 19.4. The van der Waals surface area contributed by atoms with E-state index in [-0.39, 0.29) is 11.5 Å². The first-order valence-electron chi connectivity index (χ1n) is 11.9. The molecule has 0 aliphatic carbocycles. The first kappa shape index (κ1) is 28.6. The van der Waals surface area contributed by atoms with E-state index in [0.717, 1.165) is 18.1 Å². The van der Waals surface area contributed by atoms with E-state index in [2.05, 4.69) is 50.2 Å². The number of halogens is 3. The van der Waals surface area contributed by atoms with Gasteiger partial charge in [-0.05, 0) is 66.0 Å². The highest BCUT2D eigenvalue weighted by molar-refractivity contribution is 5.64. The summed E-state index contributed by atoms with van der Waals surface area (Å²) in [6.07, 6.45) is -4.66. The highest BCUT2D eigenvalue weighted by Gasteiger charge is 2.51. The van der Waals surface area contributed by atoms with Crippen LogP contribution < -0.4 is 0 Å². The Bertz CT molecular complexity index is 1060. The normalized spacial score (nSPS) is 13.9. The summed E-state index contributed by atoms with van der Waals surface area (Å²) in [4.78, 5) is 0. The zero-order valence-electron chi connectivity index (χ0n) is 21.6. The highest BCUT2D eigenvalue weighted by Crippen LogP contribution is 2.38. The summed E-state index contributed by atoms with van der Waals surface area (Å²) in [5.41, 5.74) is 1.94. The summed E-state index contributed by atoms with van der Waals surface area (Å²) in [5.74, 6) is 0.816.